The van der Waals surface area contributed by atoms with E-state index in [1.807, 2.05) is 12.1 Å². The lowest BCUT2D eigenvalue weighted by Gasteiger charge is -2.39. The average molecular weight is 404 g/mol. The Morgan fingerprint density at radius 3 is 2.83 bits per heavy atom. The smallest absolute Gasteiger partial charge is 0.186 e. The number of rotatable bonds is 2. The number of hydrogen-bond acceptors (Lipinski definition) is 3. The molecule has 2 aliphatic rings. The van der Waals surface area contributed by atoms with Gasteiger partial charge in [0.2, 0.25) is 0 Å². The van der Waals surface area contributed by atoms with E-state index in [1.165, 1.54) is 53.6 Å². The van der Waals surface area contributed by atoms with E-state index in [1.54, 1.807) is 16.9 Å². The van der Waals surface area contributed by atoms with E-state index in [4.69, 9.17) is 4.98 Å². The second kappa shape index (κ2) is 6.42. The zero-order chi connectivity index (χ0) is 19.5. The summed E-state index contributed by atoms with van der Waals surface area (Å²) in [5.41, 5.74) is 7.67. The van der Waals surface area contributed by atoms with Crippen LogP contribution in [-0.2, 0) is 13.0 Å². The molecule has 2 aromatic heterocycles. The van der Waals surface area contributed by atoms with Gasteiger partial charge in [0, 0.05) is 40.6 Å². The SMILES string of the molecule is Cc1ccc2c(c1)c1c3n2CCN(c2nc(-c4ccc(F)cc4)cs2)C3CCC1. The second-order valence-electron chi connectivity index (χ2n) is 8.16. The molecule has 0 bridgehead atoms. The highest BCUT2D eigenvalue weighted by Gasteiger charge is 2.36. The third kappa shape index (κ3) is 2.64. The summed E-state index contributed by atoms with van der Waals surface area (Å²) in [7, 11) is 0. The Labute approximate surface area is 173 Å². The van der Waals surface area contributed by atoms with Gasteiger partial charge in [0.15, 0.2) is 5.13 Å². The normalized spacial score (nSPS) is 18.3. The summed E-state index contributed by atoms with van der Waals surface area (Å²) in [6.07, 6.45) is 3.57. The maximum absolute atomic E-state index is 13.3. The topological polar surface area (TPSA) is 21.1 Å². The minimum absolute atomic E-state index is 0.210. The van der Waals surface area contributed by atoms with Crippen LogP contribution in [0.15, 0.2) is 47.8 Å². The van der Waals surface area contributed by atoms with Crippen molar-refractivity contribution < 1.29 is 4.39 Å². The van der Waals surface area contributed by atoms with Crippen LogP contribution in [0.3, 0.4) is 0 Å². The van der Waals surface area contributed by atoms with Crippen LogP contribution < -0.4 is 4.90 Å². The van der Waals surface area contributed by atoms with E-state index in [9.17, 15) is 4.39 Å². The summed E-state index contributed by atoms with van der Waals surface area (Å²) >= 11 is 1.70. The van der Waals surface area contributed by atoms with Gasteiger partial charge in [-0.3, -0.25) is 0 Å². The highest BCUT2D eigenvalue weighted by Crippen LogP contribution is 2.45. The van der Waals surface area contributed by atoms with Crippen molar-refractivity contribution in [1.29, 1.82) is 0 Å². The fraction of sp³-hybridized carbons (Fsp3) is 0.292. The lowest BCUT2D eigenvalue weighted by Crippen LogP contribution is -2.39. The number of fused-ring (bicyclic) bond motifs is 3. The van der Waals surface area contributed by atoms with E-state index in [0.29, 0.717) is 6.04 Å². The van der Waals surface area contributed by atoms with Gasteiger partial charge in [-0.25, -0.2) is 9.37 Å². The summed E-state index contributed by atoms with van der Waals surface area (Å²) < 4.78 is 15.8. The van der Waals surface area contributed by atoms with Gasteiger partial charge < -0.3 is 9.47 Å². The quantitative estimate of drug-likeness (QED) is 0.403. The lowest BCUT2D eigenvalue weighted by molar-refractivity contribution is 0.437. The Kier molecular flexibility index (Phi) is 3.81. The van der Waals surface area contributed by atoms with Crippen molar-refractivity contribution in [2.75, 3.05) is 11.4 Å². The minimum Gasteiger partial charge on any atom is -0.341 e. The van der Waals surface area contributed by atoms with Gasteiger partial charge in [0.25, 0.3) is 0 Å². The summed E-state index contributed by atoms with van der Waals surface area (Å²) in [6.45, 7) is 4.16. The molecule has 0 spiro atoms. The van der Waals surface area contributed by atoms with Gasteiger partial charge in [-0.1, -0.05) is 11.6 Å². The first-order valence-corrected chi connectivity index (χ1v) is 11.2. The highest BCUT2D eigenvalue weighted by atomic mass is 32.1. The molecular weight excluding hydrogens is 381 g/mol. The zero-order valence-electron chi connectivity index (χ0n) is 16.4. The van der Waals surface area contributed by atoms with Gasteiger partial charge in [-0.05, 0) is 68.1 Å². The van der Waals surface area contributed by atoms with Crippen LogP contribution in [0.4, 0.5) is 9.52 Å². The van der Waals surface area contributed by atoms with E-state index < -0.39 is 0 Å². The van der Waals surface area contributed by atoms with Gasteiger partial charge in [0.05, 0.1) is 11.7 Å². The number of hydrogen-bond donors (Lipinski definition) is 0. The monoisotopic (exact) mass is 403 g/mol. The maximum Gasteiger partial charge on any atom is 0.186 e. The van der Waals surface area contributed by atoms with Crippen molar-refractivity contribution in [2.45, 2.75) is 38.8 Å². The third-order valence-electron chi connectivity index (χ3n) is 6.41. The molecule has 4 aromatic rings. The van der Waals surface area contributed by atoms with E-state index in [-0.39, 0.29) is 5.82 Å². The minimum atomic E-state index is -0.210. The van der Waals surface area contributed by atoms with Crippen LogP contribution in [0.1, 0.15) is 35.7 Å². The molecular formula is C24H22FN3S. The van der Waals surface area contributed by atoms with Gasteiger partial charge in [-0.15, -0.1) is 11.3 Å². The molecule has 3 nitrogen and oxygen atoms in total. The number of anilines is 1. The molecule has 29 heavy (non-hydrogen) atoms. The second-order valence-corrected chi connectivity index (χ2v) is 9.00. The molecule has 1 unspecified atom stereocenters. The molecule has 0 amide bonds. The predicted octanol–water partition coefficient (Wildman–Crippen LogP) is 6.11. The van der Waals surface area contributed by atoms with Crippen LogP contribution in [0.25, 0.3) is 22.2 Å². The Hall–Kier alpha value is -2.66. The molecule has 146 valence electrons. The number of benzene rings is 2. The van der Waals surface area contributed by atoms with Crippen LogP contribution in [0.2, 0.25) is 0 Å². The van der Waals surface area contributed by atoms with Crippen molar-refractivity contribution in [1.82, 2.24) is 9.55 Å². The summed E-state index contributed by atoms with van der Waals surface area (Å²) in [5.74, 6) is -0.210. The first-order chi connectivity index (χ1) is 14.2. The summed E-state index contributed by atoms with van der Waals surface area (Å²) in [4.78, 5) is 7.44. The Balaban J connectivity index is 1.42. The third-order valence-corrected chi connectivity index (χ3v) is 7.28. The lowest BCUT2D eigenvalue weighted by atomic mass is 9.90. The maximum atomic E-state index is 13.3. The van der Waals surface area contributed by atoms with Crippen molar-refractivity contribution >= 4 is 27.4 Å². The Bertz CT molecular complexity index is 1220. The zero-order valence-corrected chi connectivity index (χ0v) is 17.2. The average Bonchev–Trinajstić information content (AvgIpc) is 3.34. The molecule has 2 aromatic carbocycles. The van der Waals surface area contributed by atoms with Crippen molar-refractivity contribution in [3.8, 4) is 11.3 Å². The van der Waals surface area contributed by atoms with Crippen molar-refractivity contribution in [2.24, 2.45) is 0 Å². The Morgan fingerprint density at radius 1 is 1.10 bits per heavy atom. The first kappa shape index (κ1) is 17.2. The summed E-state index contributed by atoms with van der Waals surface area (Å²) in [6, 6.07) is 13.9. The molecule has 0 fully saturated rings. The highest BCUT2D eigenvalue weighted by molar-refractivity contribution is 7.14. The van der Waals surface area contributed by atoms with Crippen molar-refractivity contribution in [3.05, 3.63) is 70.5 Å². The number of aromatic nitrogens is 2. The fourth-order valence-electron chi connectivity index (χ4n) is 5.10. The van der Waals surface area contributed by atoms with Crippen LogP contribution >= 0.6 is 11.3 Å². The van der Waals surface area contributed by atoms with E-state index in [2.05, 4.69) is 40.0 Å². The number of aryl methyl sites for hydroxylation is 2. The molecule has 1 aliphatic heterocycles. The van der Waals surface area contributed by atoms with E-state index in [0.717, 1.165) is 29.5 Å². The predicted molar refractivity (Wildman–Crippen MR) is 117 cm³/mol. The molecule has 0 saturated heterocycles. The fourth-order valence-corrected chi connectivity index (χ4v) is 6.01. The van der Waals surface area contributed by atoms with Gasteiger partial charge in [-0.2, -0.15) is 0 Å². The molecule has 1 atom stereocenters. The molecule has 6 rings (SSSR count). The summed E-state index contributed by atoms with van der Waals surface area (Å²) in [5, 5.41) is 4.62. The Morgan fingerprint density at radius 2 is 1.97 bits per heavy atom. The molecule has 0 radical (unpaired) electrons. The van der Waals surface area contributed by atoms with Gasteiger partial charge >= 0.3 is 0 Å². The molecule has 5 heteroatoms. The van der Waals surface area contributed by atoms with Gasteiger partial charge in [0.1, 0.15) is 5.82 Å². The number of halogens is 1. The van der Waals surface area contributed by atoms with Crippen LogP contribution in [0, 0.1) is 12.7 Å². The number of nitrogens with zero attached hydrogens (tertiary/aromatic N) is 3. The molecule has 3 heterocycles. The largest absolute Gasteiger partial charge is 0.341 e. The first-order valence-electron chi connectivity index (χ1n) is 10.3. The molecule has 0 saturated carbocycles. The molecule has 1 aliphatic carbocycles. The van der Waals surface area contributed by atoms with Crippen molar-refractivity contribution in [3.63, 3.8) is 0 Å². The standard InChI is InChI=1S/C24H22FN3S/c1-15-5-10-21-19(13-15)18-3-2-4-22-23(18)27(21)11-12-28(22)24-26-20(14-29-24)16-6-8-17(25)9-7-16/h5-10,13-14,22H,2-4,11-12H2,1H3. The molecule has 0 N–H and O–H groups in total. The van der Waals surface area contributed by atoms with E-state index >= 15 is 0 Å². The number of thiazole rings is 1. The van der Waals surface area contributed by atoms with Crippen LogP contribution in [-0.4, -0.2) is 16.1 Å². The van der Waals surface area contributed by atoms with Crippen LogP contribution in [0.5, 0.6) is 0 Å².